The number of fused-ring (bicyclic) bond motifs is 1. The number of halogens is 4. The number of rotatable bonds is 6. The van der Waals surface area contributed by atoms with Gasteiger partial charge in [0.25, 0.3) is 5.91 Å². The van der Waals surface area contributed by atoms with Gasteiger partial charge in [0.2, 0.25) is 0 Å². The lowest BCUT2D eigenvalue weighted by atomic mass is 9.93. The third kappa shape index (κ3) is 5.13. The molecule has 4 N–H and O–H groups in total. The lowest BCUT2D eigenvalue weighted by Gasteiger charge is -2.30. The number of pyridine rings is 1. The molecule has 0 aliphatic carbocycles. The molecular weight excluding hydrogens is 554 g/mol. The molecule has 0 radical (unpaired) electrons. The van der Waals surface area contributed by atoms with E-state index < -0.39 is 17.8 Å². The van der Waals surface area contributed by atoms with Gasteiger partial charge in [-0.2, -0.15) is 13.2 Å². The van der Waals surface area contributed by atoms with Gasteiger partial charge in [-0.3, -0.25) is 9.78 Å². The highest BCUT2D eigenvalue weighted by Gasteiger charge is 2.34. The van der Waals surface area contributed by atoms with Crippen molar-refractivity contribution in [2.45, 2.75) is 25.1 Å². The van der Waals surface area contributed by atoms with Gasteiger partial charge in [0.05, 0.1) is 6.20 Å². The standard InChI is InChI=1S/C20H21F3IN7O2/c21-20(22,23)15-4-8-31-18(29-15)16(17(25)30-31)19(32)28-12-10-27-7-3-13(12)33-14(9-24)11-1-5-26-6-2-11/h3-4,7-8,10-11,14,26H,1-2,5-6,9H2,(H2,25,30)(H,28,32). The van der Waals surface area contributed by atoms with Crippen LogP contribution in [0.3, 0.4) is 0 Å². The Labute approximate surface area is 200 Å². The average Bonchev–Trinajstić information content (AvgIpc) is 3.13. The highest BCUT2D eigenvalue weighted by molar-refractivity contribution is 14.1. The molecule has 1 amide bonds. The number of aromatic nitrogens is 4. The van der Waals surface area contributed by atoms with Crippen LogP contribution in [0.25, 0.3) is 5.65 Å². The number of nitrogens with zero attached hydrogens (tertiary/aromatic N) is 4. The van der Waals surface area contributed by atoms with Crippen LogP contribution in [0.5, 0.6) is 5.75 Å². The minimum Gasteiger partial charge on any atom is -0.487 e. The van der Waals surface area contributed by atoms with E-state index in [0.29, 0.717) is 11.7 Å². The van der Waals surface area contributed by atoms with Gasteiger partial charge in [-0.05, 0) is 37.9 Å². The number of amides is 1. The van der Waals surface area contributed by atoms with Crippen molar-refractivity contribution in [2.24, 2.45) is 5.92 Å². The summed E-state index contributed by atoms with van der Waals surface area (Å²) in [6.45, 7) is 1.84. The number of hydrogen-bond donors (Lipinski definition) is 3. The molecule has 1 atom stereocenters. The number of nitrogens with two attached hydrogens (primary N) is 1. The smallest absolute Gasteiger partial charge is 0.433 e. The first kappa shape index (κ1) is 23.5. The summed E-state index contributed by atoms with van der Waals surface area (Å²) in [6.07, 6.45) is 1.22. The lowest BCUT2D eigenvalue weighted by molar-refractivity contribution is -0.141. The highest BCUT2D eigenvalue weighted by Crippen LogP contribution is 2.31. The van der Waals surface area contributed by atoms with E-state index >= 15 is 0 Å². The van der Waals surface area contributed by atoms with E-state index in [0.717, 1.165) is 47.1 Å². The summed E-state index contributed by atoms with van der Waals surface area (Å²) in [5.41, 5.74) is 4.40. The summed E-state index contributed by atoms with van der Waals surface area (Å²) >= 11 is 2.27. The van der Waals surface area contributed by atoms with E-state index in [1.807, 2.05) is 0 Å². The second-order valence-corrected chi connectivity index (χ2v) is 8.44. The molecule has 1 aliphatic rings. The van der Waals surface area contributed by atoms with Crippen molar-refractivity contribution in [3.8, 4) is 5.75 Å². The Morgan fingerprint density at radius 1 is 1.36 bits per heavy atom. The number of hydrogen-bond acceptors (Lipinski definition) is 7. The van der Waals surface area contributed by atoms with E-state index in [1.165, 1.54) is 6.20 Å². The summed E-state index contributed by atoms with van der Waals surface area (Å²) in [7, 11) is 0. The third-order valence-corrected chi connectivity index (χ3v) is 6.27. The van der Waals surface area contributed by atoms with E-state index in [-0.39, 0.29) is 28.8 Å². The summed E-state index contributed by atoms with van der Waals surface area (Å²) < 4.78 is 47.3. The van der Waals surface area contributed by atoms with Crippen LogP contribution in [0, 0.1) is 5.92 Å². The molecule has 0 bridgehead atoms. The van der Waals surface area contributed by atoms with Crippen LogP contribution in [-0.4, -0.2) is 49.1 Å². The summed E-state index contributed by atoms with van der Waals surface area (Å²) in [6, 6.07) is 2.40. The highest BCUT2D eigenvalue weighted by atomic mass is 127. The fourth-order valence-corrected chi connectivity index (χ4v) is 4.62. The van der Waals surface area contributed by atoms with Crippen molar-refractivity contribution in [1.82, 2.24) is 24.9 Å². The van der Waals surface area contributed by atoms with E-state index in [2.05, 4.69) is 48.3 Å². The summed E-state index contributed by atoms with van der Waals surface area (Å²) in [4.78, 5) is 20.6. The largest absolute Gasteiger partial charge is 0.487 e. The van der Waals surface area contributed by atoms with Crippen molar-refractivity contribution >= 4 is 45.7 Å². The first-order valence-corrected chi connectivity index (χ1v) is 11.7. The molecule has 0 saturated carbocycles. The topological polar surface area (TPSA) is 119 Å². The maximum Gasteiger partial charge on any atom is 0.433 e. The van der Waals surface area contributed by atoms with Gasteiger partial charge >= 0.3 is 6.18 Å². The molecule has 4 heterocycles. The number of piperidine rings is 1. The molecule has 33 heavy (non-hydrogen) atoms. The van der Waals surface area contributed by atoms with Crippen molar-refractivity contribution in [3.05, 3.63) is 42.0 Å². The van der Waals surface area contributed by atoms with Gasteiger partial charge in [0.1, 0.15) is 28.8 Å². The Morgan fingerprint density at radius 3 is 2.82 bits per heavy atom. The Hall–Kier alpha value is -2.68. The minimum absolute atomic E-state index is 0.0659. The normalized spacial score (nSPS) is 16.0. The van der Waals surface area contributed by atoms with Crippen molar-refractivity contribution in [2.75, 3.05) is 28.6 Å². The summed E-state index contributed by atoms with van der Waals surface area (Å²) in [5, 5.41) is 9.86. The van der Waals surface area contributed by atoms with Crippen molar-refractivity contribution < 1.29 is 22.7 Å². The van der Waals surface area contributed by atoms with E-state index in [9.17, 15) is 18.0 Å². The molecule has 3 aromatic heterocycles. The molecule has 1 aliphatic heterocycles. The molecule has 1 saturated heterocycles. The molecule has 0 spiro atoms. The Morgan fingerprint density at radius 2 is 2.12 bits per heavy atom. The zero-order valence-electron chi connectivity index (χ0n) is 17.3. The predicted molar refractivity (Wildman–Crippen MR) is 123 cm³/mol. The van der Waals surface area contributed by atoms with Crippen LogP contribution >= 0.6 is 22.6 Å². The molecule has 1 unspecified atom stereocenters. The zero-order chi connectivity index (χ0) is 23.6. The predicted octanol–water partition coefficient (Wildman–Crippen LogP) is 3.16. The fourth-order valence-electron chi connectivity index (χ4n) is 3.72. The van der Waals surface area contributed by atoms with Crippen molar-refractivity contribution in [3.63, 3.8) is 0 Å². The molecule has 3 aromatic rings. The molecular formula is C20H21F3IN7O2. The second-order valence-electron chi connectivity index (χ2n) is 7.56. The number of carbonyl (C=O) groups is 1. The molecule has 4 rings (SSSR count). The monoisotopic (exact) mass is 575 g/mol. The fraction of sp³-hybridized carbons (Fsp3) is 0.400. The van der Waals surface area contributed by atoms with Gasteiger partial charge < -0.3 is 21.1 Å². The van der Waals surface area contributed by atoms with Gasteiger partial charge in [0, 0.05) is 22.9 Å². The molecule has 0 aromatic carbocycles. The van der Waals surface area contributed by atoms with Gasteiger partial charge in [-0.25, -0.2) is 9.50 Å². The van der Waals surface area contributed by atoms with Crippen LogP contribution in [0.15, 0.2) is 30.7 Å². The van der Waals surface area contributed by atoms with Crippen LogP contribution in [0.4, 0.5) is 24.7 Å². The van der Waals surface area contributed by atoms with E-state index in [4.69, 9.17) is 10.5 Å². The first-order chi connectivity index (χ1) is 15.8. The van der Waals surface area contributed by atoms with Gasteiger partial charge in [0.15, 0.2) is 11.5 Å². The third-order valence-electron chi connectivity index (χ3n) is 5.40. The van der Waals surface area contributed by atoms with E-state index in [1.54, 1.807) is 12.3 Å². The lowest BCUT2D eigenvalue weighted by Crippen LogP contribution is -2.37. The number of alkyl halides is 4. The first-order valence-electron chi connectivity index (χ1n) is 10.2. The van der Waals surface area contributed by atoms with Crippen LogP contribution in [-0.2, 0) is 6.18 Å². The average molecular weight is 575 g/mol. The molecule has 13 heteroatoms. The summed E-state index contributed by atoms with van der Waals surface area (Å²) in [5.74, 6) is -0.233. The number of carbonyl (C=O) groups excluding carboxylic acids is 1. The number of nitrogen functional groups attached to an aromatic ring is 1. The Bertz CT molecular complexity index is 1150. The quantitative estimate of drug-likeness (QED) is 0.305. The molecule has 1 fully saturated rings. The SMILES string of the molecule is Nc1nn2ccc(C(F)(F)F)nc2c1C(=O)Nc1cnccc1OC(CI)C1CCNCC1. The number of anilines is 2. The maximum atomic E-state index is 13.1. The molecule has 9 nitrogen and oxygen atoms in total. The number of ether oxygens (including phenoxy) is 1. The van der Waals surface area contributed by atoms with Crippen LogP contribution in [0.1, 0.15) is 28.9 Å². The second kappa shape index (κ2) is 9.67. The minimum atomic E-state index is -4.68. The molecule has 176 valence electrons. The maximum absolute atomic E-state index is 13.1. The zero-order valence-corrected chi connectivity index (χ0v) is 19.4. The Balaban J connectivity index is 1.61. The Kier molecular flexibility index (Phi) is 6.88. The van der Waals surface area contributed by atoms with Crippen LogP contribution in [0.2, 0.25) is 0 Å². The number of nitrogens with one attached hydrogen (secondary N) is 2. The van der Waals surface area contributed by atoms with Crippen molar-refractivity contribution in [1.29, 1.82) is 0 Å². The van der Waals surface area contributed by atoms with Gasteiger partial charge in [-0.1, -0.05) is 22.6 Å². The van der Waals surface area contributed by atoms with Crippen LogP contribution < -0.4 is 21.1 Å². The van der Waals surface area contributed by atoms with Gasteiger partial charge in [-0.15, -0.1) is 5.10 Å².